The zero-order valence-corrected chi connectivity index (χ0v) is 46.3. The topological polar surface area (TPSA) is 158 Å². The number of hydrogen-bond acceptors (Lipinski definition) is 10. The minimum atomic E-state index is -0.327. The van der Waals surface area contributed by atoms with E-state index < -0.39 is 0 Å². The zero-order valence-electron chi connectivity index (χ0n) is 41.5. The van der Waals surface area contributed by atoms with Crippen LogP contribution in [0.1, 0.15) is 13.8 Å². The van der Waals surface area contributed by atoms with Gasteiger partial charge in [-0.1, -0.05) is 47.8 Å². The number of hydrogen-bond donors (Lipinski definition) is 2. The number of imidazole rings is 2. The second-order valence-electron chi connectivity index (χ2n) is 17.2. The van der Waals surface area contributed by atoms with E-state index in [0.29, 0.717) is 132 Å². The molecule has 4 heterocycles. The summed E-state index contributed by atoms with van der Waals surface area (Å²) in [5, 5.41) is 6.79. The Morgan fingerprint density at radius 2 is 0.835 bits per heavy atom. The Labute approximate surface area is 475 Å². The molecule has 376 valence electrons. The van der Waals surface area contributed by atoms with E-state index in [9.17, 15) is 0 Å². The van der Waals surface area contributed by atoms with Gasteiger partial charge in [0.25, 0.3) is 11.1 Å². The first kappa shape index (κ1) is 51.2. The van der Waals surface area contributed by atoms with Crippen molar-refractivity contribution in [2.24, 2.45) is 0 Å². The molecule has 79 heavy (non-hydrogen) atoms. The van der Waals surface area contributed by atoms with Gasteiger partial charge in [0.2, 0.25) is 0 Å². The van der Waals surface area contributed by atoms with Crippen molar-refractivity contribution in [3.63, 3.8) is 0 Å². The van der Waals surface area contributed by atoms with Crippen LogP contribution >= 0.6 is 47.8 Å². The van der Waals surface area contributed by atoms with Gasteiger partial charge in [-0.15, -0.1) is 12.8 Å². The second-order valence-corrected chi connectivity index (χ2v) is 20.0. The number of fused-ring (bicyclic) bond motifs is 10. The largest absolute Gasteiger partial charge is 0.493 e. The first-order valence-electron chi connectivity index (χ1n) is 24.0. The molecule has 15 heteroatoms. The smallest absolute Gasteiger partial charge is 0.264 e. The van der Waals surface area contributed by atoms with E-state index in [1.807, 2.05) is 68.4 Å². The number of ether oxygens (including phenoxy) is 4. The lowest BCUT2D eigenvalue weighted by atomic mass is 9.84. The molecule has 12 aromatic rings. The molecule has 0 saturated carbocycles. The Kier molecular flexibility index (Phi) is 13.8. The van der Waals surface area contributed by atoms with Crippen LogP contribution in [0.15, 0.2) is 102 Å². The van der Waals surface area contributed by atoms with Gasteiger partial charge >= 0.3 is 0 Å². The number of rotatable bonds is 8. The van der Waals surface area contributed by atoms with E-state index in [0.717, 1.165) is 13.4 Å². The van der Waals surface area contributed by atoms with Crippen molar-refractivity contribution >= 4 is 157 Å². The molecule has 0 aliphatic carbocycles. The van der Waals surface area contributed by atoms with Crippen molar-refractivity contribution in [3.05, 3.63) is 113 Å². The van der Waals surface area contributed by atoms with Crippen LogP contribution in [0, 0.1) is 95.7 Å². The Morgan fingerprint density at radius 1 is 0.456 bits per heavy atom. The van der Waals surface area contributed by atoms with Gasteiger partial charge < -0.3 is 30.4 Å². The molecule has 0 aliphatic rings. The van der Waals surface area contributed by atoms with Crippen LogP contribution in [0.2, 0.25) is 0 Å². The van der Waals surface area contributed by atoms with E-state index >= 15 is 9.59 Å². The maximum absolute atomic E-state index is 15.2. The Hall–Kier alpha value is -9.94. The Morgan fingerprint density at radius 3 is 1.24 bits per heavy atom. The summed E-state index contributed by atoms with van der Waals surface area (Å²) in [5.41, 5.74) is 14.8. The minimum absolute atomic E-state index is 0.113. The summed E-state index contributed by atoms with van der Waals surface area (Å²) < 4.78 is 32.5. The number of benzene rings is 8. The van der Waals surface area contributed by atoms with E-state index in [1.54, 1.807) is 33.1 Å². The van der Waals surface area contributed by atoms with Gasteiger partial charge in [-0.05, 0) is 176 Å². The molecule has 0 unspecified atom stereocenters. The van der Waals surface area contributed by atoms with Crippen LogP contribution in [-0.4, -0.2) is 45.2 Å². The number of nitrogen functional groups attached to an aromatic ring is 2. The van der Waals surface area contributed by atoms with Crippen LogP contribution in [0.3, 0.4) is 0 Å². The SMILES string of the molecule is C#CC#CC#CC#CCOc1cc2c(=O)n3c4ccc(Br)cc4nc3c3cc(OCC#CC#CC#CC#C)c4c5c(OCC)cc6c(=O)n7c8ccc(Br)cc8nc7c7cc(OCC)c(c1c4c23)c5c67.Nc1ccc(Br)cc1N. The molecular weight excluding hydrogens is 1190 g/mol. The summed E-state index contributed by atoms with van der Waals surface area (Å²) in [7, 11) is 0. The molecule has 0 saturated heterocycles. The van der Waals surface area contributed by atoms with Crippen molar-refractivity contribution in [3.8, 4) is 119 Å². The standard InChI is InChI=1S/C58H26Br2N4O6.C6H7BrN2/c1-5-9-11-13-15-17-19-25-69-45-30-36-48-38(58(66)64-42-24-22-34(60)28-40(42)62-56(36)64)32-46(70-26-20-18-16-14-12-10-6-2)52-49-43(67-7-3)29-35-47-37(31-44(68-8-4)50(53(47)49)51(45)54(48)52)57(65)63-41-23-21-33(59)27-39(41)61-55(35)63;7-4-1-2-5(8)6(9)3-4/h1-2,21-24,27-32H,7-8,25-26H2,3-4H3;1-3H,8-9H2. The molecular formula is C64H33Br3N6O6. The Bertz CT molecular complexity index is 5230. The quantitative estimate of drug-likeness (QED) is 0.0649. The number of anilines is 2. The van der Waals surface area contributed by atoms with E-state index in [2.05, 4.69) is 131 Å². The Balaban J connectivity index is 0.000000669. The fourth-order valence-electron chi connectivity index (χ4n) is 9.94. The van der Waals surface area contributed by atoms with Gasteiger partial charge in [-0.3, -0.25) is 18.4 Å². The average molecular weight is 1220 g/mol. The van der Waals surface area contributed by atoms with Gasteiger partial charge in [0, 0.05) is 67.3 Å². The molecule has 0 aliphatic heterocycles. The number of pyridine rings is 2. The first-order chi connectivity index (χ1) is 38.5. The fraction of sp³-hybridized carbons (Fsp3) is 0.0938. The third kappa shape index (κ3) is 8.86. The highest BCUT2D eigenvalue weighted by Crippen LogP contribution is 2.56. The summed E-state index contributed by atoms with van der Waals surface area (Å²) in [5.74, 6) is 38.1. The number of nitrogens with two attached hydrogens (primary N) is 2. The number of terminal acetylenes is 2. The van der Waals surface area contributed by atoms with E-state index in [1.165, 1.54) is 0 Å². The highest BCUT2D eigenvalue weighted by Gasteiger charge is 2.32. The predicted octanol–water partition coefficient (Wildman–Crippen LogP) is 11.2. The van der Waals surface area contributed by atoms with Crippen LogP contribution in [-0.2, 0) is 0 Å². The molecule has 12 rings (SSSR count). The van der Waals surface area contributed by atoms with Gasteiger partial charge in [-0.2, -0.15) is 0 Å². The molecule has 0 bridgehead atoms. The average Bonchev–Trinajstić information content (AvgIpc) is 2.54. The van der Waals surface area contributed by atoms with Crippen molar-refractivity contribution in [1.29, 1.82) is 0 Å². The number of halogens is 3. The normalized spacial score (nSPS) is 10.6. The zero-order chi connectivity index (χ0) is 55.1. The third-order valence-electron chi connectivity index (χ3n) is 12.8. The minimum Gasteiger partial charge on any atom is -0.493 e. The molecule has 12 nitrogen and oxygen atoms in total. The molecule has 0 radical (unpaired) electrons. The maximum atomic E-state index is 15.2. The van der Waals surface area contributed by atoms with Crippen LogP contribution in [0.4, 0.5) is 11.4 Å². The summed E-state index contributed by atoms with van der Waals surface area (Å²) in [6.45, 7) is 4.03. The maximum Gasteiger partial charge on any atom is 0.264 e. The first-order valence-corrected chi connectivity index (χ1v) is 26.4. The molecule has 4 N–H and O–H groups in total. The number of aromatic nitrogens is 4. The third-order valence-corrected chi connectivity index (χ3v) is 14.3. The van der Waals surface area contributed by atoms with Crippen molar-refractivity contribution in [2.45, 2.75) is 13.8 Å². The van der Waals surface area contributed by atoms with Crippen LogP contribution in [0.5, 0.6) is 23.0 Å². The fourth-order valence-corrected chi connectivity index (χ4v) is 11.0. The lowest BCUT2D eigenvalue weighted by molar-refractivity contribution is 0.344. The predicted molar refractivity (Wildman–Crippen MR) is 326 cm³/mol. The summed E-state index contributed by atoms with van der Waals surface area (Å²) in [6.07, 6.45) is 10.5. The molecule has 0 fully saturated rings. The van der Waals surface area contributed by atoms with Gasteiger partial charge in [0.1, 0.15) is 47.5 Å². The highest BCUT2D eigenvalue weighted by molar-refractivity contribution is 9.11. The molecule has 8 aromatic carbocycles. The summed E-state index contributed by atoms with van der Waals surface area (Å²) >= 11 is 10.4. The lowest BCUT2D eigenvalue weighted by Crippen LogP contribution is -2.15. The highest BCUT2D eigenvalue weighted by atomic mass is 79.9. The van der Waals surface area contributed by atoms with Crippen molar-refractivity contribution < 1.29 is 18.9 Å². The molecule has 0 spiro atoms. The number of nitrogens with zero attached hydrogens (tertiary/aromatic N) is 4. The van der Waals surface area contributed by atoms with Gasteiger partial charge in [-0.25, -0.2) is 9.97 Å². The lowest BCUT2D eigenvalue weighted by Gasteiger charge is -2.24. The van der Waals surface area contributed by atoms with Crippen molar-refractivity contribution in [2.75, 3.05) is 37.9 Å². The monoisotopic (exact) mass is 1220 g/mol. The summed E-state index contributed by atoms with van der Waals surface area (Å²) in [6, 6.07) is 23.9. The van der Waals surface area contributed by atoms with Crippen molar-refractivity contribution in [1.82, 2.24) is 18.8 Å². The molecule has 0 amide bonds. The molecule has 0 atom stereocenters. The second kappa shape index (κ2) is 21.2. The van der Waals surface area contributed by atoms with E-state index in [4.69, 9.17) is 53.2 Å². The molecule has 4 aromatic heterocycles. The van der Waals surface area contributed by atoms with Gasteiger partial charge in [0.05, 0.1) is 57.4 Å². The summed E-state index contributed by atoms with van der Waals surface area (Å²) in [4.78, 5) is 40.5. The van der Waals surface area contributed by atoms with Crippen LogP contribution < -0.4 is 41.5 Å². The van der Waals surface area contributed by atoms with Crippen LogP contribution in [0.25, 0.3) is 98.0 Å². The van der Waals surface area contributed by atoms with Gasteiger partial charge in [0.15, 0.2) is 0 Å². The van der Waals surface area contributed by atoms with E-state index in [-0.39, 0.29) is 37.5 Å².